The Morgan fingerprint density at radius 3 is 2.32 bits per heavy atom. The third-order valence-corrected chi connectivity index (χ3v) is 6.17. The fourth-order valence-corrected chi connectivity index (χ4v) is 4.17. The molecule has 4 nitrogen and oxygen atoms in total. The van der Waals surface area contributed by atoms with Gasteiger partial charge >= 0.3 is 0 Å². The fraction of sp³-hybridized carbons (Fsp3) is 0.0667. The predicted octanol–water partition coefficient (Wildman–Crippen LogP) is 4.16. The number of nitrogens with one attached hydrogen (secondary N) is 1. The number of H-pyrrole nitrogens is 1. The molecule has 0 aliphatic carbocycles. The SMILES string of the molecule is O=S(=O)(c1ccc(Br)cc1)C(O)c1c[nH]c2ccc(Br)cc12. The van der Waals surface area contributed by atoms with Gasteiger partial charge in [-0.05, 0) is 42.5 Å². The molecule has 1 unspecified atom stereocenters. The van der Waals surface area contributed by atoms with Gasteiger partial charge in [-0.25, -0.2) is 8.42 Å². The Morgan fingerprint density at radius 2 is 1.64 bits per heavy atom. The van der Waals surface area contributed by atoms with Gasteiger partial charge < -0.3 is 10.1 Å². The van der Waals surface area contributed by atoms with Crippen molar-refractivity contribution in [2.45, 2.75) is 10.3 Å². The molecule has 0 saturated carbocycles. The summed E-state index contributed by atoms with van der Waals surface area (Å²) in [4.78, 5) is 3.05. The normalized spacial score (nSPS) is 13.4. The molecule has 114 valence electrons. The fourth-order valence-electron chi connectivity index (χ4n) is 2.24. The van der Waals surface area contributed by atoms with Gasteiger partial charge in [0, 0.05) is 31.6 Å². The molecule has 0 amide bonds. The Hall–Kier alpha value is -1.15. The van der Waals surface area contributed by atoms with Gasteiger partial charge in [0.1, 0.15) is 0 Å². The molecule has 2 N–H and O–H groups in total. The Bertz CT molecular complexity index is 933. The highest BCUT2D eigenvalue weighted by Crippen LogP contribution is 2.33. The summed E-state index contributed by atoms with van der Waals surface area (Å²) < 4.78 is 26.7. The molecule has 1 heterocycles. The average molecular weight is 445 g/mol. The van der Waals surface area contributed by atoms with Gasteiger partial charge in [0.15, 0.2) is 5.44 Å². The second-order valence-corrected chi connectivity index (χ2v) is 8.62. The highest BCUT2D eigenvalue weighted by atomic mass is 79.9. The van der Waals surface area contributed by atoms with Gasteiger partial charge in [-0.3, -0.25) is 0 Å². The molecule has 22 heavy (non-hydrogen) atoms. The predicted molar refractivity (Wildman–Crippen MR) is 92.3 cm³/mol. The Balaban J connectivity index is 2.10. The maximum absolute atomic E-state index is 12.6. The van der Waals surface area contributed by atoms with Crippen LogP contribution in [0.15, 0.2) is 62.5 Å². The third kappa shape index (κ3) is 2.74. The molecule has 0 bridgehead atoms. The Kier molecular flexibility index (Phi) is 4.15. The van der Waals surface area contributed by atoms with Crippen LogP contribution in [0, 0.1) is 0 Å². The standard InChI is InChI=1S/C15H11Br2NO3S/c16-9-1-4-11(5-2-9)22(20,21)15(19)13-8-18-14-6-3-10(17)7-12(13)14/h1-8,15,18-19H. The second-order valence-electron chi connectivity index (χ2n) is 4.79. The number of fused-ring (bicyclic) bond motifs is 1. The molecule has 0 spiro atoms. The van der Waals surface area contributed by atoms with Crippen LogP contribution in [0.25, 0.3) is 10.9 Å². The van der Waals surface area contributed by atoms with Crippen molar-refractivity contribution in [3.63, 3.8) is 0 Å². The van der Waals surface area contributed by atoms with Gasteiger partial charge in [-0.2, -0.15) is 0 Å². The maximum Gasteiger partial charge on any atom is 0.209 e. The van der Waals surface area contributed by atoms with Crippen molar-refractivity contribution in [1.29, 1.82) is 0 Å². The summed E-state index contributed by atoms with van der Waals surface area (Å²) >= 11 is 6.61. The van der Waals surface area contributed by atoms with Crippen molar-refractivity contribution in [1.82, 2.24) is 4.98 Å². The number of rotatable bonds is 3. The van der Waals surface area contributed by atoms with E-state index in [9.17, 15) is 13.5 Å². The van der Waals surface area contributed by atoms with Crippen molar-refractivity contribution >= 4 is 52.6 Å². The zero-order valence-electron chi connectivity index (χ0n) is 11.1. The number of aliphatic hydroxyl groups excluding tert-OH is 1. The van der Waals surface area contributed by atoms with Gasteiger partial charge in [0.25, 0.3) is 0 Å². The largest absolute Gasteiger partial charge is 0.373 e. The van der Waals surface area contributed by atoms with Crippen molar-refractivity contribution in [3.05, 3.63) is 63.2 Å². The average Bonchev–Trinajstić information content (AvgIpc) is 2.89. The zero-order chi connectivity index (χ0) is 15.9. The number of halogens is 2. The van der Waals surface area contributed by atoms with Crippen LogP contribution in [0.5, 0.6) is 0 Å². The first-order valence-electron chi connectivity index (χ1n) is 6.33. The molecular formula is C15H11Br2NO3S. The third-order valence-electron chi connectivity index (χ3n) is 3.38. The molecular weight excluding hydrogens is 434 g/mol. The van der Waals surface area contributed by atoms with Crippen molar-refractivity contribution in [2.24, 2.45) is 0 Å². The van der Waals surface area contributed by atoms with Crippen LogP contribution in [0.4, 0.5) is 0 Å². The van der Waals surface area contributed by atoms with Crippen LogP contribution < -0.4 is 0 Å². The first-order valence-corrected chi connectivity index (χ1v) is 9.47. The monoisotopic (exact) mass is 443 g/mol. The molecule has 1 atom stereocenters. The number of sulfone groups is 1. The Morgan fingerprint density at radius 1 is 1.00 bits per heavy atom. The molecule has 0 aliphatic heterocycles. The summed E-state index contributed by atoms with van der Waals surface area (Å²) in [6, 6.07) is 11.6. The lowest BCUT2D eigenvalue weighted by Gasteiger charge is -2.12. The summed E-state index contributed by atoms with van der Waals surface area (Å²) in [5, 5.41) is 11.1. The number of aliphatic hydroxyl groups is 1. The summed E-state index contributed by atoms with van der Waals surface area (Å²) in [5.74, 6) is 0. The summed E-state index contributed by atoms with van der Waals surface area (Å²) in [6.45, 7) is 0. The number of benzene rings is 2. The van der Waals surface area contributed by atoms with E-state index in [0.717, 1.165) is 14.5 Å². The van der Waals surface area contributed by atoms with E-state index in [2.05, 4.69) is 36.8 Å². The van der Waals surface area contributed by atoms with Crippen LogP contribution in [-0.4, -0.2) is 18.5 Å². The molecule has 0 aliphatic rings. The smallest absolute Gasteiger partial charge is 0.209 e. The molecule has 0 saturated heterocycles. The Labute approximate surface area is 144 Å². The minimum atomic E-state index is -3.88. The van der Waals surface area contributed by atoms with Crippen molar-refractivity contribution in [2.75, 3.05) is 0 Å². The molecule has 3 rings (SSSR count). The van der Waals surface area contributed by atoms with E-state index in [1.54, 1.807) is 18.2 Å². The van der Waals surface area contributed by atoms with Crippen LogP contribution in [0.2, 0.25) is 0 Å². The van der Waals surface area contributed by atoms with E-state index < -0.39 is 15.3 Å². The minimum absolute atomic E-state index is 0.0764. The lowest BCUT2D eigenvalue weighted by Crippen LogP contribution is -2.12. The first kappa shape index (κ1) is 15.7. The van der Waals surface area contributed by atoms with Crippen LogP contribution in [0.1, 0.15) is 11.0 Å². The summed E-state index contributed by atoms with van der Waals surface area (Å²) in [5.41, 5.74) is -0.529. The molecule has 3 aromatic rings. The minimum Gasteiger partial charge on any atom is -0.373 e. The zero-order valence-corrected chi connectivity index (χ0v) is 15.1. The van der Waals surface area contributed by atoms with E-state index in [1.807, 2.05) is 12.1 Å². The number of hydrogen-bond donors (Lipinski definition) is 2. The quantitative estimate of drug-likeness (QED) is 0.637. The molecule has 1 aromatic heterocycles. The van der Waals surface area contributed by atoms with Gasteiger partial charge in [-0.1, -0.05) is 31.9 Å². The number of aromatic amines is 1. The first-order chi connectivity index (χ1) is 10.4. The topological polar surface area (TPSA) is 70.2 Å². The van der Waals surface area contributed by atoms with E-state index in [-0.39, 0.29) is 4.90 Å². The summed E-state index contributed by atoms with van der Waals surface area (Å²) in [7, 11) is -3.88. The lowest BCUT2D eigenvalue weighted by molar-refractivity contribution is 0.256. The van der Waals surface area contributed by atoms with E-state index in [4.69, 9.17) is 0 Å². The highest BCUT2D eigenvalue weighted by Gasteiger charge is 2.29. The highest BCUT2D eigenvalue weighted by molar-refractivity contribution is 9.10. The number of aromatic nitrogens is 1. The number of hydrogen-bond acceptors (Lipinski definition) is 3. The van der Waals surface area contributed by atoms with Gasteiger partial charge in [-0.15, -0.1) is 0 Å². The van der Waals surface area contributed by atoms with Crippen molar-refractivity contribution in [3.8, 4) is 0 Å². The van der Waals surface area contributed by atoms with Gasteiger partial charge in [0.2, 0.25) is 9.84 Å². The van der Waals surface area contributed by atoms with Crippen LogP contribution >= 0.6 is 31.9 Å². The van der Waals surface area contributed by atoms with Crippen LogP contribution in [0.3, 0.4) is 0 Å². The molecule has 0 radical (unpaired) electrons. The van der Waals surface area contributed by atoms with Crippen molar-refractivity contribution < 1.29 is 13.5 Å². The summed E-state index contributed by atoms with van der Waals surface area (Å²) in [6.07, 6.45) is 1.53. The maximum atomic E-state index is 12.6. The lowest BCUT2D eigenvalue weighted by atomic mass is 10.2. The van der Waals surface area contributed by atoms with Crippen LogP contribution in [-0.2, 0) is 9.84 Å². The van der Waals surface area contributed by atoms with Gasteiger partial charge in [0.05, 0.1) is 4.90 Å². The molecule has 7 heteroatoms. The van der Waals surface area contributed by atoms with E-state index >= 15 is 0 Å². The molecule has 0 fully saturated rings. The van der Waals surface area contributed by atoms with E-state index in [0.29, 0.717) is 10.9 Å². The van der Waals surface area contributed by atoms with E-state index in [1.165, 1.54) is 18.3 Å². The second kappa shape index (κ2) is 5.81. The molecule has 2 aromatic carbocycles.